The maximum atomic E-state index is 13.4. The van der Waals surface area contributed by atoms with Gasteiger partial charge in [-0.2, -0.15) is 0 Å². The second-order valence-electron chi connectivity index (χ2n) is 3.77. The van der Waals surface area contributed by atoms with Gasteiger partial charge in [0.2, 0.25) is 0 Å². The molecule has 0 aromatic heterocycles. The molecule has 0 aliphatic carbocycles. The zero-order chi connectivity index (χ0) is 10.8. The Bertz CT molecular complexity index is 348. The predicted octanol–water partition coefficient (Wildman–Crippen LogP) is 2.01. The van der Waals surface area contributed by atoms with E-state index in [4.69, 9.17) is 4.74 Å². The summed E-state index contributed by atoms with van der Waals surface area (Å²) >= 11 is 0. The van der Waals surface area contributed by atoms with Crippen LogP contribution in [0.1, 0.15) is 18.5 Å². The molecule has 0 radical (unpaired) electrons. The Morgan fingerprint density at radius 3 is 2.87 bits per heavy atom. The Balaban J connectivity index is 2.18. The molecule has 2 nitrogen and oxygen atoms in total. The van der Waals surface area contributed by atoms with E-state index in [1.807, 2.05) is 6.92 Å². The van der Waals surface area contributed by atoms with E-state index >= 15 is 0 Å². The predicted molar refractivity (Wildman–Crippen MR) is 52.5 cm³/mol. The number of rotatable bonds is 1. The van der Waals surface area contributed by atoms with E-state index in [2.05, 4.69) is 5.32 Å². The van der Waals surface area contributed by atoms with Gasteiger partial charge in [0.1, 0.15) is 11.6 Å². The summed E-state index contributed by atoms with van der Waals surface area (Å²) in [5.74, 6) is -0.820. The summed E-state index contributed by atoms with van der Waals surface area (Å²) in [6, 6.07) is 3.22. The highest BCUT2D eigenvalue weighted by atomic mass is 19.1. The van der Waals surface area contributed by atoms with Crippen molar-refractivity contribution in [2.24, 2.45) is 0 Å². The van der Waals surface area contributed by atoms with E-state index in [9.17, 15) is 8.78 Å². The minimum atomic E-state index is -0.424. The van der Waals surface area contributed by atoms with Crippen molar-refractivity contribution >= 4 is 0 Å². The van der Waals surface area contributed by atoms with Crippen molar-refractivity contribution in [3.05, 3.63) is 35.4 Å². The number of benzene rings is 1. The van der Waals surface area contributed by atoms with E-state index in [1.54, 1.807) is 0 Å². The quantitative estimate of drug-likeness (QED) is 0.770. The lowest BCUT2D eigenvalue weighted by molar-refractivity contribution is 0.0141. The lowest BCUT2D eigenvalue weighted by Gasteiger charge is -2.28. The zero-order valence-electron chi connectivity index (χ0n) is 8.47. The topological polar surface area (TPSA) is 21.3 Å². The van der Waals surface area contributed by atoms with Crippen molar-refractivity contribution in [1.29, 1.82) is 0 Å². The maximum absolute atomic E-state index is 13.4. The number of hydrogen-bond acceptors (Lipinski definition) is 2. The highest BCUT2D eigenvalue weighted by Crippen LogP contribution is 2.21. The van der Waals surface area contributed by atoms with Crippen LogP contribution in [0.4, 0.5) is 8.78 Å². The monoisotopic (exact) mass is 213 g/mol. The van der Waals surface area contributed by atoms with Gasteiger partial charge < -0.3 is 10.1 Å². The Labute approximate surface area is 87.2 Å². The second-order valence-corrected chi connectivity index (χ2v) is 3.77. The van der Waals surface area contributed by atoms with E-state index in [0.717, 1.165) is 12.1 Å². The third-order valence-electron chi connectivity index (χ3n) is 2.53. The molecule has 1 fully saturated rings. The van der Waals surface area contributed by atoms with Crippen LogP contribution in [0.3, 0.4) is 0 Å². The largest absolute Gasteiger partial charge is 0.375 e. The Morgan fingerprint density at radius 2 is 2.20 bits per heavy atom. The molecular weight excluding hydrogens is 200 g/mol. The van der Waals surface area contributed by atoms with Crippen molar-refractivity contribution in [3.63, 3.8) is 0 Å². The van der Waals surface area contributed by atoms with Crippen LogP contribution in [0, 0.1) is 11.6 Å². The van der Waals surface area contributed by atoms with Gasteiger partial charge in [0.05, 0.1) is 18.8 Å². The summed E-state index contributed by atoms with van der Waals surface area (Å²) in [6.45, 7) is 2.97. The molecule has 1 N–H and O–H groups in total. The molecular formula is C11H13F2NO. The first-order valence-corrected chi connectivity index (χ1v) is 4.97. The van der Waals surface area contributed by atoms with Crippen molar-refractivity contribution in [1.82, 2.24) is 5.32 Å². The smallest absolute Gasteiger partial charge is 0.128 e. The first kappa shape index (κ1) is 10.5. The fourth-order valence-corrected chi connectivity index (χ4v) is 1.67. The van der Waals surface area contributed by atoms with Crippen molar-refractivity contribution in [2.45, 2.75) is 19.1 Å². The standard InChI is InChI=1S/C11H13F2NO/c1-7-5-14-11(6-15-7)9-4-8(12)2-3-10(9)13/h2-4,7,11,14H,5-6H2,1H3/t7-,11?/m0/s1. The first-order chi connectivity index (χ1) is 7.16. The minimum absolute atomic E-state index is 0.123. The van der Waals surface area contributed by atoms with Gasteiger partial charge in [0, 0.05) is 12.1 Å². The van der Waals surface area contributed by atoms with Crippen molar-refractivity contribution in [2.75, 3.05) is 13.2 Å². The maximum Gasteiger partial charge on any atom is 0.128 e. The summed E-state index contributed by atoms with van der Waals surface area (Å²) in [7, 11) is 0. The molecule has 1 aromatic rings. The highest BCUT2D eigenvalue weighted by Gasteiger charge is 2.22. The molecule has 15 heavy (non-hydrogen) atoms. The minimum Gasteiger partial charge on any atom is -0.375 e. The van der Waals surface area contributed by atoms with Gasteiger partial charge in [-0.3, -0.25) is 0 Å². The van der Waals surface area contributed by atoms with Gasteiger partial charge in [-0.1, -0.05) is 0 Å². The van der Waals surface area contributed by atoms with Crippen LogP contribution in [-0.4, -0.2) is 19.3 Å². The third kappa shape index (κ3) is 2.33. The molecule has 0 saturated carbocycles. The lowest BCUT2D eigenvalue weighted by atomic mass is 10.1. The summed E-state index contributed by atoms with van der Waals surface area (Å²) in [4.78, 5) is 0. The number of ether oxygens (including phenoxy) is 1. The summed E-state index contributed by atoms with van der Waals surface area (Å²) in [6.07, 6.45) is 0.123. The van der Waals surface area contributed by atoms with Crippen LogP contribution in [0.2, 0.25) is 0 Å². The van der Waals surface area contributed by atoms with Crippen LogP contribution < -0.4 is 5.32 Å². The Kier molecular flexibility index (Phi) is 2.98. The second kappa shape index (κ2) is 4.24. The van der Waals surface area contributed by atoms with Crippen LogP contribution >= 0.6 is 0 Å². The average molecular weight is 213 g/mol. The van der Waals surface area contributed by atoms with Gasteiger partial charge in [-0.05, 0) is 25.1 Å². The number of morpholine rings is 1. The van der Waals surface area contributed by atoms with Gasteiger partial charge in [-0.15, -0.1) is 0 Å². The van der Waals surface area contributed by atoms with Crippen molar-refractivity contribution < 1.29 is 13.5 Å². The molecule has 0 spiro atoms. The fraction of sp³-hybridized carbons (Fsp3) is 0.455. The third-order valence-corrected chi connectivity index (χ3v) is 2.53. The SMILES string of the molecule is C[C@H]1CNC(c2cc(F)ccc2F)CO1. The lowest BCUT2D eigenvalue weighted by Crippen LogP contribution is -2.40. The van der Waals surface area contributed by atoms with Gasteiger partial charge in [0.25, 0.3) is 0 Å². The molecule has 2 rings (SSSR count). The molecule has 1 saturated heterocycles. The molecule has 1 aliphatic rings. The molecule has 1 aliphatic heterocycles. The average Bonchev–Trinajstić information content (AvgIpc) is 2.23. The van der Waals surface area contributed by atoms with E-state index < -0.39 is 11.6 Å². The van der Waals surface area contributed by atoms with E-state index in [0.29, 0.717) is 18.7 Å². The Morgan fingerprint density at radius 1 is 1.40 bits per heavy atom. The Hall–Kier alpha value is -1.00. The first-order valence-electron chi connectivity index (χ1n) is 4.97. The number of halogens is 2. The van der Waals surface area contributed by atoms with Gasteiger partial charge in [0.15, 0.2) is 0 Å². The molecule has 1 aromatic carbocycles. The van der Waals surface area contributed by atoms with E-state index in [-0.39, 0.29) is 12.1 Å². The molecule has 1 heterocycles. The van der Waals surface area contributed by atoms with Crippen molar-refractivity contribution in [3.8, 4) is 0 Å². The zero-order valence-corrected chi connectivity index (χ0v) is 8.47. The summed E-state index contributed by atoms with van der Waals surface area (Å²) in [5, 5.41) is 3.12. The summed E-state index contributed by atoms with van der Waals surface area (Å²) in [5.41, 5.74) is 0.335. The number of hydrogen-bond donors (Lipinski definition) is 1. The number of nitrogens with one attached hydrogen (secondary N) is 1. The van der Waals surface area contributed by atoms with E-state index in [1.165, 1.54) is 6.07 Å². The molecule has 4 heteroatoms. The van der Waals surface area contributed by atoms with Crippen LogP contribution in [0.5, 0.6) is 0 Å². The van der Waals surface area contributed by atoms with Crippen LogP contribution in [-0.2, 0) is 4.74 Å². The normalized spacial score (nSPS) is 26.6. The van der Waals surface area contributed by atoms with Crippen LogP contribution in [0.15, 0.2) is 18.2 Å². The van der Waals surface area contributed by atoms with Crippen LogP contribution in [0.25, 0.3) is 0 Å². The molecule has 82 valence electrons. The summed E-state index contributed by atoms with van der Waals surface area (Å²) < 4.78 is 31.7. The molecule has 2 atom stereocenters. The molecule has 1 unspecified atom stereocenters. The van der Waals surface area contributed by atoms with Gasteiger partial charge >= 0.3 is 0 Å². The molecule has 0 bridgehead atoms. The highest BCUT2D eigenvalue weighted by molar-refractivity contribution is 5.22. The van der Waals surface area contributed by atoms with Gasteiger partial charge in [-0.25, -0.2) is 8.78 Å². The molecule has 0 amide bonds. The fourth-order valence-electron chi connectivity index (χ4n) is 1.67.